The third-order valence-electron chi connectivity index (χ3n) is 6.15. The standard InChI is InChI=1S/C22H31N3O5/c1-3-18-8-4-5-12-24(18)21(26)15-30-22(27)17-9-10-19(20(13-17)25(28)29)23-11-6-7-16(2)14-23/h9-10,13,16,18H,3-8,11-12,14-15H2,1-2H3. The lowest BCUT2D eigenvalue weighted by molar-refractivity contribution is -0.384. The van der Waals surface area contributed by atoms with Crippen LogP contribution in [-0.2, 0) is 9.53 Å². The van der Waals surface area contributed by atoms with Crippen molar-refractivity contribution in [3.63, 3.8) is 0 Å². The quantitative estimate of drug-likeness (QED) is 0.397. The van der Waals surface area contributed by atoms with Gasteiger partial charge in [-0.3, -0.25) is 14.9 Å². The summed E-state index contributed by atoms with van der Waals surface area (Å²) in [6.07, 6.45) is 6.01. The maximum Gasteiger partial charge on any atom is 0.338 e. The Morgan fingerprint density at radius 3 is 2.70 bits per heavy atom. The number of nitrogens with zero attached hydrogens (tertiary/aromatic N) is 3. The van der Waals surface area contributed by atoms with Crippen molar-refractivity contribution in [3.8, 4) is 0 Å². The number of esters is 1. The molecule has 2 unspecified atom stereocenters. The number of nitro groups is 1. The number of anilines is 1. The first kappa shape index (κ1) is 22.1. The Bertz CT molecular complexity index is 797. The predicted octanol–water partition coefficient (Wildman–Crippen LogP) is 3.78. The number of carbonyl (C=O) groups is 2. The molecule has 0 saturated carbocycles. The Kier molecular flexibility index (Phi) is 7.29. The van der Waals surface area contributed by atoms with E-state index in [4.69, 9.17) is 4.74 Å². The number of nitro benzene ring substituents is 1. The Hall–Kier alpha value is -2.64. The van der Waals surface area contributed by atoms with E-state index in [9.17, 15) is 19.7 Å². The number of ether oxygens (including phenoxy) is 1. The number of benzene rings is 1. The third-order valence-corrected chi connectivity index (χ3v) is 6.15. The Morgan fingerprint density at radius 2 is 2.00 bits per heavy atom. The lowest BCUT2D eigenvalue weighted by Crippen LogP contribution is -2.45. The number of piperidine rings is 2. The van der Waals surface area contributed by atoms with Crippen molar-refractivity contribution in [1.82, 2.24) is 4.90 Å². The van der Waals surface area contributed by atoms with E-state index in [1.807, 2.05) is 11.8 Å². The summed E-state index contributed by atoms with van der Waals surface area (Å²) in [7, 11) is 0. The summed E-state index contributed by atoms with van der Waals surface area (Å²) in [6.45, 7) is 6.04. The molecule has 30 heavy (non-hydrogen) atoms. The third kappa shape index (κ3) is 5.09. The van der Waals surface area contributed by atoms with E-state index < -0.39 is 10.9 Å². The summed E-state index contributed by atoms with van der Waals surface area (Å²) in [6, 6.07) is 4.62. The highest BCUT2D eigenvalue weighted by Crippen LogP contribution is 2.32. The van der Waals surface area contributed by atoms with Crippen LogP contribution in [0.4, 0.5) is 11.4 Å². The second-order valence-corrected chi connectivity index (χ2v) is 8.38. The van der Waals surface area contributed by atoms with E-state index in [2.05, 4.69) is 6.92 Å². The highest BCUT2D eigenvalue weighted by Gasteiger charge is 2.28. The molecule has 0 aromatic heterocycles. The summed E-state index contributed by atoms with van der Waals surface area (Å²) < 4.78 is 5.21. The molecule has 3 rings (SSSR count). The van der Waals surface area contributed by atoms with E-state index in [0.717, 1.165) is 51.6 Å². The highest BCUT2D eigenvalue weighted by molar-refractivity contribution is 5.93. The van der Waals surface area contributed by atoms with Gasteiger partial charge in [-0.05, 0) is 56.6 Å². The van der Waals surface area contributed by atoms with Gasteiger partial charge in [0.1, 0.15) is 5.69 Å². The van der Waals surface area contributed by atoms with Gasteiger partial charge >= 0.3 is 5.97 Å². The van der Waals surface area contributed by atoms with E-state index >= 15 is 0 Å². The molecular weight excluding hydrogens is 386 g/mol. The molecule has 1 aromatic rings. The minimum atomic E-state index is -0.713. The van der Waals surface area contributed by atoms with Gasteiger partial charge in [0.25, 0.3) is 11.6 Å². The molecule has 1 amide bonds. The summed E-state index contributed by atoms with van der Waals surface area (Å²) in [5.41, 5.74) is 0.513. The van der Waals surface area contributed by atoms with Gasteiger partial charge in [0.2, 0.25) is 0 Å². The van der Waals surface area contributed by atoms with Crippen LogP contribution in [0.15, 0.2) is 18.2 Å². The number of likely N-dealkylation sites (tertiary alicyclic amines) is 1. The van der Waals surface area contributed by atoms with Crippen molar-refractivity contribution in [1.29, 1.82) is 0 Å². The molecule has 2 saturated heterocycles. The molecule has 8 heteroatoms. The molecule has 2 aliphatic rings. The molecule has 8 nitrogen and oxygen atoms in total. The van der Waals surface area contributed by atoms with Crippen molar-refractivity contribution in [2.45, 2.75) is 58.4 Å². The molecule has 0 N–H and O–H groups in total. The van der Waals surface area contributed by atoms with Crippen LogP contribution in [0.3, 0.4) is 0 Å². The second kappa shape index (κ2) is 9.91. The maximum atomic E-state index is 12.5. The van der Waals surface area contributed by atoms with Gasteiger partial charge in [0, 0.05) is 31.7 Å². The highest BCUT2D eigenvalue weighted by atomic mass is 16.6. The zero-order valence-corrected chi connectivity index (χ0v) is 17.8. The van der Waals surface area contributed by atoms with Crippen molar-refractivity contribution in [2.24, 2.45) is 5.92 Å². The average molecular weight is 418 g/mol. The van der Waals surface area contributed by atoms with Crippen molar-refractivity contribution in [2.75, 3.05) is 31.1 Å². The van der Waals surface area contributed by atoms with Crippen LogP contribution in [0.25, 0.3) is 0 Å². The summed E-state index contributed by atoms with van der Waals surface area (Å²) >= 11 is 0. The molecule has 0 aliphatic carbocycles. The van der Waals surface area contributed by atoms with E-state index in [1.165, 1.54) is 6.07 Å². The van der Waals surface area contributed by atoms with Crippen molar-refractivity contribution >= 4 is 23.3 Å². The number of hydrogen-bond donors (Lipinski definition) is 0. The SMILES string of the molecule is CCC1CCCCN1C(=O)COC(=O)c1ccc(N2CCCC(C)C2)c([N+](=O)[O-])c1. The number of rotatable bonds is 6. The first-order valence-corrected chi connectivity index (χ1v) is 10.9. The minimum Gasteiger partial charge on any atom is -0.452 e. The van der Waals surface area contributed by atoms with E-state index in [1.54, 1.807) is 17.0 Å². The van der Waals surface area contributed by atoms with Gasteiger partial charge in [0.05, 0.1) is 10.5 Å². The molecule has 0 spiro atoms. The molecule has 2 fully saturated rings. The van der Waals surface area contributed by atoms with E-state index in [0.29, 0.717) is 18.2 Å². The first-order chi connectivity index (χ1) is 14.4. The monoisotopic (exact) mass is 417 g/mol. The number of amides is 1. The fraction of sp³-hybridized carbons (Fsp3) is 0.636. The second-order valence-electron chi connectivity index (χ2n) is 8.38. The fourth-order valence-corrected chi connectivity index (χ4v) is 4.52. The van der Waals surface area contributed by atoms with Crippen LogP contribution in [0, 0.1) is 16.0 Å². The number of hydrogen-bond acceptors (Lipinski definition) is 6. The largest absolute Gasteiger partial charge is 0.452 e. The average Bonchev–Trinajstić information content (AvgIpc) is 2.76. The summed E-state index contributed by atoms with van der Waals surface area (Å²) in [5, 5.41) is 11.6. The van der Waals surface area contributed by atoms with Gasteiger partial charge in [-0.1, -0.05) is 13.8 Å². The molecule has 2 heterocycles. The normalized spacial score (nSPS) is 21.9. The van der Waals surface area contributed by atoms with Crippen LogP contribution in [0.2, 0.25) is 0 Å². The lowest BCUT2D eigenvalue weighted by Gasteiger charge is -2.35. The van der Waals surface area contributed by atoms with Crippen LogP contribution in [-0.4, -0.2) is 54.0 Å². The molecular formula is C22H31N3O5. The van der Waals surface area contributed by atoms with Crippen LogP contribution in [0.5, 0.6) is 0 Å². The minimum absolute atomic E-state index is 0.0917. The van der Waals surface area contributed by atoms with Gasteiger partial charge in [0.15, 0.2) is 6.61 Å². The fourth-order valence-electron chi connectivity index (χ4n) is 4.52. The Balaban J connectivity index is 1.67. The zero-order valence-electron chi connectivity index (χ0n) is 17.8. The lowest BCUT2D eigenvalue weighted by atomic mass is 9.99. The van der Waals surface area contributed by atoms with Gasteiger partial charge in [-0.2, -0.15) is 0 Å². The summed E-state index contributed by atoms with van der Waals surface area (Å²) in [4.78, 5) is 39.9. The predicted molar refractivity (Wildman–Crippen MR) is 114 cm³/mol. The van der Waals surface area contributed by atoms with Gasteiger partial charge < -0.3 is 14.5 Å². The van der Waals surface area contributed by atoms with Crippen LogP contribution < -0.4 is 4.90 Å². The summed E-state index contributed by atoms with van der Waals surface area (Å²) in [5.74, 6) is -0.450. The van der Waals surface area contributed by atoms with Gasteiger partial charge in [-0.25, -0.2) is 4.79 Å². The molecule has 0 radical (unpaired) electrons. The smallest absolute Gasteiger partial charge is 0.338 e. The molecule has 164 valence electrons. The van der Waals surface area contributed by atoms with Gasteiger partial charge in [-0.15, -0.1) is 0 Å². The molecule has 2 atom stereocenters. The van der Waals surface area contributed by atoms with Crippen LogP contribution >= 0.6 is 0 Å². The Morgan fingerprint density at radius 1 is 1.20 bits per heavy atom. The van der Waals surface area contributed by atoms with E-state index in [-0.39, 0.29) is 29.8 Å². The van der Waals surface area contributed by atoms with Crippen molar-refractivity contribution < 1.29 is 19.2 Å². The molecule has 1 aromatic carbocycles. The van der Waals surface area contributed by atoms with Crippen molar-refractivity contribution in [3.05, 3.63) is 33.9 Å². The molecule has 2 aliphatic heterocycles. The Labute approximate surface area is 177 Å². The van der Waals surface area contributed by atoms with Crippen LogP contribution in [0.1, 0.15) is 62.7 Å². The molecule has 0 bridgehead atoms. The topological polar surface area (TPSA) is 93.0 Å². The zero-order chi connectivity index (χ0) is 21.7. The first-order valence-electron chi connectivity index (χ1n) is 10.9. The maximum absolute atomic E-state index is 12.5. The number of carbonyl (C=O) groups excluding carboxylic acids is 2.